The summed E-state index contributed by atoms with van der Waals surface area (Å²) >= 11 is 3.58. The van der Waals surface area contributed by atoms with E-state index in [-0.39, 0.29) is 0 Å². The number of aromatic amines is 1. The van der Waals surface area contributed by atoms with Crippen molar-refractivity contribution in [3.8, 4) is 5.75 Å². The highest BCUT2D eigenvalue weighted by Crippen LogP contribution is 2.35. The predicted octanol–water partition coefficient (Wildman–Crippen LogP) is 4.80. The number of phenolic OH excluding ortho intramolecular Hbond substituents is 1. The van der Waals surface area contributed by atoms with Gasteiger partial charge in [0.05, 0.1) is 0 Å². The lowest BCUT2D eigenvalue weighted by molar-refractivity contribution is 0.451. The van der Waals surface area contributed by atoms with Gasteiger partial charge < -0.3 is 15.4 Å². The monoisotopic (exact) mass is 370 g/mol. The molecule has 0 radical (unpaired) electrons. The molecule has 1 aliphatic rings. The number of aryl methyl sites for hydroxylation is 1. The molecule has 1 heterocycles. The maximum atomic E-state index is 9.38. The summed E-state index contributed by atoms with van der Waals surface area (Å²) in [6.45, 7) is 0.809. The first kappa shape index (κ1) is 14.8. The zero-order valence-corrected chi connectivity index (χ0v) is 14.4. The van der Waals surface area contributed by atoms with Gasteiger partial charge in [-0.1, -0.05) is 28.1 Å². The van der Waals surface area contributed by atoms with E-state index in [1.54, 1.807) is 12.1 Å². The van der Waals surface area contributed by atoms with E-state index in [4.69, 9.17) is 0 Å². The SMILES string of the molecule is Oc1ccc(CN[C@@H]2CCCc3c2[nH]c2ccc(Br)cc32)cc1. The molecule has 0 amide bonds. The van der Waals surface area contributed by atoms with Crippen molar-refractivity contribution in [2.24, 2.45) is 0 Å². The Labute approximate surface area is 143 Å². The Morgan fingerprint density at radius 3 is 2.83 bits per heavy atom. The van der Waals surface area contributed by atoms with E-state index in [0.29, 0.717) is 11.8 Å². The third-order valence-electron chi connectivity index (χ3n) is 4.66. The van der Waals surface area contributed by atoms with Crippen LogP contribution in [0.1, 0.15) is 35.7 Å². The van der Waals surface area contributed by atoms with Crippen LogP contribution in [0.2, 0.25) is 0 Å². The van der Waals surface area contributed by atoms with Crippen molar-refractivity contribution in [1.82, 2.24) is 10.3 Å². The fourth-order valence-corrected chi connectivity index (χ4v) is 3.85. The van der Waals surface area contributed by atoms with Crippen molar-refractivity contribution < 1.29 is 5.11 Å². The summed E-state index contributed by atoms with van der Waals surface area (Å²) in [5, 5.41) is 14.4. The summed E-state index contributed by atoms with van der Waals surface area (Å²) < 4.78 is 1.13. The number of hydrogen-bond acceptors (Lipinski definition) is 2. The molecular formula is C19H19BrN2O. The molecule has 0 fully saturated rings. The van der Waals surface area contributed by atoms with Crippen molar-refractivity contribution in [1.29, 1.82) is 0 Å². The van der Waals surface area contributed by atoms with Crippen molar-refractivity contribution >= 4 is 26.8 Å². The second kappa shape index (κ2) is 6.02. The summed E-state index contributed by atoms with van der Waals surface area (Å²) in [6.07, 6.45) is 3.50. The van der Waals surface area contributed by atoms with Gasteiger partial charge in [0, 0.05) is 33.7 Å². The minimum atomic E-state index is 0.315. The number of hydrogen-bond donors (Lipinski definition) is 3. The first-order valence-electron chi connectivity index (χ1n) is 8.02. The molecule has 0 unspecified atom stereocenters. The lowest BCUT2D eigenvalue weighted by Gasteiger charge is -2.24. The molecule has 1 atom stereocenters. The van der Waals surface area contributed by atoms with Crippen LogP contribution in [0, 0.1) is 0 Å². The fraction of sp³-hybridized carbons (Fsp3) is 0.263. The minimum absolute atomic E-state index is 0.315. The summed E-state index contributed by atoms with van der Waals surface area (Å²) in [5.41, 5.74) is 5.20. The molecule has 1 aliphatic carbocycles. The van der Waals surface area contributed by atoms with Gasteiger partial charge in [-0.15, -0.1) is 0 Å². The second-order valence-electron chi connectivity index (χ2n) is 6.20. The summed E-state index contributed by atoms with van der Waals surface area (Å²) in [6, 6.07) is 14.2. The van der Waals surface area contributed by atoms with Crippen LogP contribution >= 0.6 is 15.9 Å². The lowest BCUT2D eigenvalue weighted by Crippen LogP contribution is -2.24. The molecule has 3 N–H and O–H groups in total. The van der Waals surface area contributed by atoms with E-state index in [1.807, 2.05) is 12.1 Å². The quantitative estimate of drug-likeness (QED) is 0.619. The van der Waals surface area contributed by atoms with E-state index >= 15 is 0 Å². The van der Waals surface area contributed by atoms with Crippen LogP contribution in [0.3, 0.4) is 0 Å². The van der Waals surface area contributed by atoms with Crippen LogP contribution in [0.4, 0.5) is 0 Å². The average Bonchev–Trinajstić information content (AvgIpc) is 2.93. The Morgan fingerprint density at radius 1 is 1.17 bits per heavy atom. The van der Waals surface area contributed by atoms with Crippen LogP contribution in [-0.2, 0) is 13.0 Å². The van der Waals surface area contributed by atoms with Crippen LogP contribution in [0.15, 0.2) is 46.9 Å². The van der Waals surface area contributed by atoms with Gasteiger partial charge in [-0.25, -0.2) is 0 Å². The Morgan fingerprint density at radius 2 is 2.00 bits per heavy atom. The highest BCUT2D eigenvalue weighted by Gasteiger charge is 2.23. The number of aromatic nitrogens is 1. The summed E-state index contributed by atoms with van der Waals surface area (Å²) in [7, 11) is 0. The maximum Gasteiger partial charge on any atom is 0.115 e. The molecule has 4 rings (SSSR count). The van der Waals surface area contributed by atoms with Gasteiger partial charge in [-0.2, -0.15) is 0 Å². The number of halogens is 1. The van der Waals surface area contributed by atoms with Gasteiger partial charge in [-0.05, 0) is 60.7 Å². The van der Waals surface area contributed by atoms with Crippen LogP contribution in [0.5, 0.6) is 5.75 Å². The first-order valence-corrected chi connectivity index (χ1v) is 8.81. The number of aromatic hydroxyl groups is 1. The molecule has 0 saturated heterocycles. The van der Waals surface area contributed by atoms with Gasteiger partial charge in [0.2, 0.25) is 0 Å². The average molecular weight is 371 g/mol. The molecule has 0 bridgehead atoms. The number of rotatable bonds is 3. The topological polar surface area (TPSA) is 48.0 Å². The van der Waals surface area contributed by atoms with Crippen molar-refractivity contribution in [3.63, 3.8) is 0 Å². The summed E-state index contributed by atoms with van der Waals surface area (Å²) in [5.74, 6) is 0.315. The highest BCUT2D eigenvalue weighted by molar-refractivity contribution is 9.10. The van der Waals surface area contributed by atoms with Crippen molar-refractivity contribution in [2.45, 2.75) is 31.8 Å². The molecule has 2 aromatic carbocycles. The van der Waals surface area contributed by atoms with Gasteiger partial charge >= 0.3 is 0 Å². The van der Waals surface area contributed by atoms with Crippen LogP contribution < -0.4 is 5.32 Å². The van der Waals surface area contributed by atoms with Gasteiger partial charge in [0.15, 0.2) is 0 Å². The molecule has 0 aliphatic heterocycles. The molecule has 0 saturated carbocycles. The third kappa shape index (κ3) is 2.89. The lowest BCUT2D eigenvalue weighted by atomic mass is 9.91. The molecule has 3 nitrogen and oxygen atoms in total. The van der Waals surface area contributed by atoms with Crippen molar-refractivity contribution in [2.75, 3.05) is 0 Å². The maximum absolute atomic E-state index is 9.38. The van der Waals surface area contributed by atoms with E-state index < -0.39 is 0 Å². The number of benzene rings is 2. The zero-order valence-electron chi connectivity index (χ0n) is 12.8. The molecule has 1 aromatic heterocycles. The predicted molar refractivity (Wildman–Crippen MR) is 96.6 cm³/mol. The number of nitrogens with one attached hydrogen (secondary N) is 2. The molecule has 0 spiro atoms. The normalized spacial score (nSPS) is 17.3. The largest absolute Gasteiger partial charge is 0.508 e. The van der Waals surface area contributed by atoms with Gasteiger partial charge in [0.1, 0.15) is 5.75 Å². The number of phenols is 1. The fourth-order valence-electron chi connectivity index (χ4n) is 3.49. The number of fused-ring (bicyclic) bond motifs is 3. The molecule has 118 valence electrons. The standard InChI is InChI=1S/C19H19BrN2O/c20-13-6-9-17-16(10-13)15-2-1-3-18(19(15)22-17)21-11-12-4-7-14(23)8-5-12/h4-10,18,21-23H,1-3,11H2/t18-/m1/s1. The van der Waals surface area contributed by atoms with Gasteiger partial charge in [-0.3, -0.25) is 0 Å². The van der Waals surface area contributed by atoms with E-state index in [0.717, 1.165) is 23.9 Å². The van der Waals surface area contributed by atoms with Crippen molar-refractivity contribution in [3.05, 3.63) is 63.8 Å². The van der Waals surface area contributed by atoms with E-state index in [1.165, 1.54) is 34.1 Å². The van der Waals surface area contributed by atoms with Gasteiger partial charge in [0.25, 0.3) is 0 Å². The van der Waals surface area contributed by atoms with Crippen LogP contribution in [-0.4, -0.2) is 10.1 Å². The molecule has 3 aromatic rings. The van der Waals surface area contributed by atoms with E-state index in [2.05, 4.69) is 44.4 Å². The molecule has 4 heteroatoms. The molecule has 23 heavy (non-hydrogen) atoms. The second-order valence-corrected chi connectivity index (χ2v) is 7.11. The van der Waals surface area contributed by atoms with Crippen LogP contribution in [0.25, 0.3) is 10.9 Å². The Hall–Kier alpha value is -1.78. The Balaban J connectivity index is 1.60. The number of H-pyrrole nitrogens is 1. The Kier molecular flexibility index (Phi) is 3.87. The van der Waals surface area contributed by atoms with E-state index in [9.17, 15) is 5.11 Å². The third-order valence-corrected chi connectivity index (χ3v) is 5.15. The Bertz CT molecular complexity index is 838. The minimum Gasteiger partial charge on any atom is -0.508 e. The first-order chi connectivity index (χ1) is 11.2. The summed E-state index contributed by atoms with van der Waals surface area (Å²) in [4.78, 5) is 3.62. The highest BCUT2D eigenvalue weighted by atomic mass is 79.9. The molecular weight excluding hydrogens is 352 g/mol. The zero-order chi connectivity index (χ0) is 15.8. The smallest absolute Gasteiger partial charge is 0.115 e.